The van der Waals surface area contributed by atoms with Gasteiger partial charge in [-0.15, -0.1) is 0 Å². The molecule has 4 atom stereocenters. The van der Waals surface area contributed by atoms with E-state index in [4.69, 9.17) is 15.2 Å². The minimum Gasteiger partial charge on any atom is -0.393 e. The average Bonchev–Trinajstić information content (AvgIpc) is 2.82. The molecule has 0 bridgehead atoms. The van der Waals surface area contributed by atoms with Crippen molar-refractivity contribution in [1.29, 1.82) is 0 Å². The van der Waals surface area contributed by atoms with Crippen LogP contribution in [0.3, 0.4) is 0 Å². The smallest absolute Gasteiger partial charge is 0.158 e. The zero-order valence-corrected chi connectivity index (χ0v) is 24.0. The zero-order chi connectivity index (χ0) is 26.2. The molecule has 35 heavy (non-hydrogen) atoms. The van der Waals surface area contributed by atoms with Gasteiger partial charge in [0.1, 0.15) is 0 Å². The Labute approximate surface area is 218 Å². The molecule has 4 N–H and O–H groups in total. The summed E-state index contributed by atoms with van der Waals surface area (Å²) in [4.78, 5) is 0. The summed E-state index contributed by atoms with van der Waals surface area (Å²) < 4.78 is 12.6. The maximum Gasteiger partial charge on any atom is 0.158 e. The fourth-order valence-corrected chi connectivity index (χ4v) is 4.75. The van der Waals surface area contributed by atoms with Gasteiger partial charge >= 0.3 is 0 Å². The van der Waals surface area contributed by atoms with Crippen LogP contribution in [-0.2, 0) is 9.47 Å². The van der Waals surface area contributed by atoms with Crippen LogP contribution in [0.2, 0.25) is 0 Å². The summed E-state index contributed by atoms with van der Waals surface area (Å²) in [6.45, 7) is 8.67. The van der Waals surface area contributed by atoms with Crippen molar-refractivity contribution < 1.29 is 19.7 Å². The van der Waals surface area contributed by atoms with Crippen molar-refractivity contribution in [2.24, 2.45) is 5.73 Å². The van der Waals surface area contributed by atoms with E-state index >= 15 is 0 Å². The first-order valence-electron chi connectivity index (χ1n) is 15.3. The lowest BCUT2D eigenvalue weighted by atomic mass is 10.0. The van der Waals surface area contributed by atoms with E-state index in [2.05, 4.69) is 13.8 Å². The highest BCUT2D eigenvalue weighted by Crippen LogP contribution is 2.21. The number of aliphatic hydroxyl groups is 2. The molecule has 0 saturated heterocycles. The Morgan fingerprint density at radius 3 is 1.14 bits per heavy atom. The third-order valence-corrected chi connectivity index (χ3v) is 6.95. The summed E-state index contributed by atoms with van der Waals surface area (Å²) in [6, 6.07) is 0. The molecular weight excluding hydrogens is 438 g/mol. The number of ether oxygens (including phenoxy) is 2. The van der Waals surface area contributed by atoms with Gasteiger partial charge in [0.15, 0.2) is 6.29 Å². The lowest BCUT2D eigenvalue weighted by Gasteiger charge is -2.29. The zero-order valence-electron chi connectivity index (χ0n) is 24.0. The maximum atomic E-state index is 9.78. The Bertz CT molecular complexity index is 399. The molecule has 0 aliphatic rings. The summed E-state index contributed by atoms with van der Waals surface area (Å²) in [7, 11) is 0. The fraction of sp³-hybridized carbons (Fsp3) is 1.00. The molecule has 0 fully saturated rings. The van der Waals surface area contributed by atoms with Crippen LogP contribution in [0.15, 0.2) is 0 Å². The van der Waals surface area contributed by atoms with Crippen LogP contribution in [0.5, 0.6) is 0 Å². The highest BCUT2D eigenvalue weighted by molar-refractivity contribution is 4.65. The molecule has 0 aromatic heterocycles. The van der Waals surface area contributed by atoms with E-state index < -0.39 is 0 Å². The topological polar surface area (TPSA) is 84.9 Å². The van der Waals surface area contributed by atoms with Gasteiger partial charge in [-0.2, -0.15) is 0 Å². The van der Waals surface area contributed by atoms with Crippen molar-refractivity contribution in [2.75, 3.05) is 6.54 Å². The molecule has 0 spiro atoms. The Hall–Kier alpha value is -0.200. The Balaban J connectivity index is 3.97. The first-order valence-corrected chi connectivity index (χ1v) is 15.3. The van der Waals surface area contributed by atoms with Crippen molar-refractivity contribution in [2.45, 2.75) is 187 Å². The van der Waals surface area contributed by atoms with E-state index in [9.17, 15) is 10.2 Å². The lowest BCUT2D eigenvalue weighted by molar-refractivity contribution is -0.206. The van der Waals surface area contributed by atoms with E-state index in [1.54, 1.807) is 0 Å². The number of hydrogen-bond donors (Lipinski definition) is 3. The molecular formula is C30H63NO4. The van der Waals surface area contributed by atoms with E-state index in [1.807, 2.05) is 13.8 Å². The Morgan fingerprint density at radius 1 is 0.543 bits per heavy atom. The van der Waals surface area contributed by atoms with Crippen molar-refractivity contribution in [3.63, 3.8) is 0 Å². The fourth-order valence-electron chi connectivity index (χ4n) is 4.75. The molecule has 0 amide bonds. The highest BCUT2D eigenvalue weighted by atomic mass is 16.7. The van der Waals surface area contributed by atoms with Gasteiger partial charge in [0.2, 0.25) is 0 Å². The molecule has 4 unspecified atom stereocenters. The van der Waals surface area contributed by atoms with Gasteiger partial charge in [0.05, 0.1) is 24.4 Å². The second kappa shape index (κ2) is 25.4. The van der Waals surface area contributed by atoms with Gasteiger partial charge in [-0.05, 0) is 65.3 Å². The number of aliphatic hydroxyl groups excluding tert-OH is 2. The van der Waals surface area contributed by atoms with Gasteiger partial charge in [0.25, 0.3) is 0 Å². The Kier molecular flexibility index (Phi) is 25.3. The molecule has 212 valence electrons. The average molecular weight is 502 g/mol. The van der Waals surface area contributed by atoms with E-state index in [0.717, 1.165) is 32.2 Å². The quantitative estimate of drug-likeness (QED) is 0.0795. The van der Waals surface area contributed by atoms with Crippen LogP contribution in [0.25, 0.3) is 0 Å². The largest absolute Gasteiger partial charge is 0.393 e. The van der Waals surface area contributed by atoms with Gasteiger partial charge in [-0.25, -0.2) is 0 Å². The lowest BCUT2D eigenvalue weighted by Crippen LogP contribution is -2.31. The molecule has 0 heterocycles. The summed E-state index contributed by atoms with van der Waals surface area (Å²) in [5.74, 6) is 0. The molecule has 0 saturated carbocycles. The van der Waals surface area contributed by atoms with E-state index in [1.165, 1.54) is 89.9 Å². The van der Waals surface area contributed by atoms with Gasteiger partial charge in [-0.3, -0.25) is 0 Å². The van der Waals surface area contributed by atoms with Crippen LogP contribution >= 0.6 is 0 Å². The standard InChI is InChI=1S/C30H63NO4/c1-5-28(24-26(3)32)34-30(35-29(6-2)25-27(4)33)22-20-18-16-14-12-10-8-7-9-11-13-15-17-19-21-23-31/h26-30,32-33H,5-25,31H2,1-4H3. The predicted molar refractivity (Wildman–Crippen MR) is 150 cm³/mol. The first kappa shape index (κ1) is 34.8. The normalized spacial score (nSPS) is 16.2. The summed E-state index contributed by atoms with van der Waals surface area (Å²) >= 11 is 0. The molecule has 5 nitrogen and oxygen atoms in total. The van der Waals surface area contributed by atoms with Crippen molar-refractivity contribution in [1.82, 2.24) is 0 Å². The third kappa shape index (κ3) is 23.9. The van der Waals surface area contributed by atoms with Crippen LogP contribution in [-0.4, -0.2) is 47.5 Å². The van der Waals surface area contributed by atoms with Gasteiger partial charge in [-0.1, -0.05) is 97.3 Å². The molecule has 0 aromatic carbocycles. The molecule has 0 aliphatic carbocycles. The third-order valence-electron chi connectivity index (χ3n) is 6.95. The number of hydrogen-bond acceptors (Lipinski definition) is 5. The van der Waals surface area contributed by atoms with Crippen molar-refractivity contribution in [3.8, 4) is 0 Å². The number of unbranched alkanes of at least 4 members (excludes halogenated alkanes) is 14. The molecule has 0 aromatic rings. The highest BCUT2D eigenvalue weighted by Gasteiger charge is 2.21. The summed E-state index contributed by atoms with van der Waals surface area (Å²) in [5, 5.41) is 19.6. The Morgan fingerprint density at radius 2 is 0.857 bits per heavy atom. The number of nitrogens with two attached hydrogens (primary N) is 1. The number of rotatable bonds is 27. The summed E-state index contributed by atoms with van der Waals surface area (Å²) in [6.07, 6.45) is 22.8. The van der Waals surface area contributed by atoms with E-state index in [0.29, 0.717) is 12.8 Å². The van der Waals surface area contributed by atoms with Crippen LogP contribution in [0, 0.1) is 0 Å². The van der Waals surface area contributed by atoms with Gasteiger partial charge < -0.3 is 25.4 Å². The first-order chi connectivity index (χ1) is 16.9. The van der Waals surface area contributed by atoms with Crippen LogP contribution in [0.1, 0.15) is 156 Å². The summed E-state index contributed by atoms with van der Waals surface area (Å²) in [5.41, 5.74) is 5.54. The molecule has 5 heteroatoms. The minimum atomic E-state index is -0.369. The van der Waals surface area contributed by atoms with Crippen molar-refractivity contribution >= 4 is 0 Å². The maximum absolute atomic E-state index is 9.78. The van der Waals surface area contributed by atoms with Gasteiger partial charge in [0, 0.05) is 0 Å². The molecule has 0 rings (SSSR count). The minimum absolute atomic E-state index is 0.0141. The van der Waals surface area contributed by atoms with E-state index in [-0.39, 0.29) is 30.7 Å². The second-order valence-electron chi connectivity index (χ2n) is 10.8. The van der Waals surface area contributed by atoms with Crippen molar-refractivity contribution in [3.05, 3.63) is 0 Å². The van der Waals surface area contributed by atoms with Crippen LogP contribution < -0.4 is 5.73 Å². The molecule has 0 aliphatic heterocycles. The SMILES string of the molecule is CCC(CC(C)O)OC(CCCCCCCCCCCCCCCCCN)OC(CC)CC(C)O. The van der Waals surface area contributed by atoms with Crippen LogP contribution in [0.4, 0.5) is 0 Å². The monoisotopic (exact) mass is 501 g/mol. The molecule has 0 radical (unpaired) electrons. The predicted octanol–water partition coefficient (Wildman–Crippen LogP) is 7.65. The second-order valence-corrected chi connectivity index (χ2v) is 10.8.